The van der Waals surface area contributed by atoms with Crippen molar-refractivity contribution in [2.75, 3.05) is 62.5 Å². The predicted molar refractivity (Wildman–Crippen MR) is 166 cm³/mol. The molecule has 232 valence electrons. The number of ether oxygens (including phenoxy) is 2. The number of aromatic nitrogens is 4. The molecule has 1 atom stereocenters. The average Bonchev–Trinajstić information content (AvgIpc) is 3.76. The highest BCUT2D eigenvalue weighted by atomic mass is 19.1. The second-order valence-corrected chi connectivity index (χ2v) is 10.3. The number of methoxy groups -OCH3 is 1. The van der Waals surface area contributed by atoms with Crippen LogP contribution in [0, 0.1) is 11.2 Å². The van der Waals surface area contributed by atoms with E-state index in [9.17, 15) is 9.18 Å². The van der Waals surface area contributed by atoms with Gasteiger partial charge in [-0.15, -0.1) is 5.10 Å². The van der Waals surface area contributed by atoms with E-state index >= 15 is 0 Å². The van der Waals surface area contributed by atoms with E-state index in [1.807, 2.05) is 24.3 Å². The largest absolute Gasteiger partial charge is 0.491 e. The van der Waals surface area contributed by atoms with Gasteiger partial charge in [-0.25, -0.2) is 9.37 Å². The molecule has 4 N–H and O–H groups in total. The van der Waals surface area contributed by atoms with Gasteiger partial charge in [0.2, 0.25) is 17.7 Å². The van der Waals surface area contributed by atoms with Crippen molar-refractivity contribution in [3.05, 3.63) is 83.9 Å². The van der Waals surface area contributed by atoms with Crippen molar-refractivity contribution in [2.45, 2.75) is 6.04 Å². The lowest BCUT2D eigenvalue weighted by molar-refractivity contribution is -0.132. The molecule has 5 aromatic rings. The van der Waals surface area contributed by atoms with Gasteiger partial charge in [0.15, 0.2) is 11.4 Å². The maximum atomic E-state index is 14.4. The van der Waals surface area contributed by atoms with E-state index in [2.05, 4.69) is 25.3 Å². The number of halogens is 1. The van der Waals surface area contributed by atoms with E-state index in [1.54, 1.807) is 36.3 Å². The molecule has 0 saturated carbocycles. The van der Waals surface area contributed by atoms with Crippen LogP contribution < -0.4 is 20.7 Å². The maximum absolute atomic E-state index is 14.4. The summed E-state index contributed by atoms with van der Waals surface area (Å²) >= 11 is 0. The quantitative estimate of drug-likeness (QED) is 0.148. The molecule has 14 heteroatoms. The van der Waals surface area contributed by atoms with Crippen LogP contribution in [0.3, 0.4) is 0 Å². The van der Waals surface area contributed by atoms with Crippen LogP contribution in [0.1, 0.15) is 17.2 Å². The third kappa shape index (κ3) is 6.26. The molecule has 6 rings (SSSR count). The van der Waals surface area contributed by atoms with Gasteiger partial charge in [-0.05, 0) is 54.1 Å². The van der Waals surface area contributed by atoms with Crippen LogP contribution in [0.5, 0.6) is 5.75 Å². The van der Waals surface area contributed by atoms with Crippen molar-refractivity contribution >= 4 is 35.2 Å². The summed E-state index contributed by atoms with van der Waals surface area (Å²) in [7, 11) is 1.63. The summed E-state index contributed by atoms with van der Waals surface area (Å²) < 4.78 is 31.8. The van der Waals surface area contributed by atoms with Gasteiger partial charge in [-0.3, -0.25) is 4.79 Å². The Balaban J connectivity index is 1.23. The molecule has 4 heterocycles. The van der Waals surface area contributed by atoms with Crippen molar-refractivity contribution in [1.29, 1.82) is 5.41 Å². The number of fused-ring (bicyclic) bond motifs is 1. The summed E-state index contributed by atoms with van der Waals surface area (Å²) in [6.07, 6.45) is 2.56. The van der Waals surface area contributed by atoms with E-state index in [1.165, 1.54) is 22.9 Å². The highest BCUT2D eigenvalue weighted by Crippen LogP contribution is 2.29. The number of carbonyl (C=O) groups is 1. The number of anilines is 3. The van der Waals surface area contributed by atoms with Crippen LogP contribution >= 0.6 is 0 Å². The monoisotopic (exact) mass is 613 g/mol. The molecule has 1 fully saturated rings. The molecule has 0 spiro atoms. The SMILES string of the molecule is COCCOc1ccc(N2CCN(C(=O)C(Nc3nc(N)n4nc(-c5ccco5)nc4c3C=N)c3cccc(F)c3)CC2)cc1. The highest BCUT2D eigenvalue weighted by Gasteiger charge is 2.31. The van der Waals surface area contributed by atoms with Crippen molar-refractivity contribution in [3.8, 4) is 17.3 Å². The zero-order valence-corrected chi connectivity index (χ0v) is 24.5. The minimum atomic E-state index is -1.02. The van der Waals surface area contributed by atoms with E-state index in [0.717, 1.165) is 17.7 Å². The molecule has 1 aliphatic heterocycles. The number of hydrogen-bond donors (Lipinski definition) is 3. The number of furan rings is 1. The second-order valence-electron chi connectivity index (χ2n) is 10.3. The molecule has 1 unspecified atom stereocenters. The molecule has 13 nitrogen and oxygen atoms in total. The first-order valence-electron chi connectivity index (χ1n) is 14.3. The number of benzene rings is 2. The Hall–Kier alpha value is -5.50. The van der Waals surface area contributed by atoms with Crippen molar-refractivity contribution in [1.82, 2.24) is 24.5 Å². The molecule has 2 aromatic carbocycles. The van der Waals surface area contributed by atoms with Gasteiger partial charge in [0.25, 0.3) is 0 Å². The Kier molecular flexibility index (Phi) is 8.55. The summed E-state index contributed by atoms with van der Waals surface area (Å²) in [5.41, 5.74) is 8.17. The number of amides is 1. The molecule has 0 bridgehead atoms. The number of rotatable bonds is 11. The van der Waals surface area contributed by atoms with Crippen LogP contribution in [0.25, 0.3) is 17.2 Å². The van der Waals surface area contributed by atoms with E-state index in [4.69, 9.17) is 25.0 Å². The van der Waals surface area contributed by atoms with Crippen LogP contribution in [-0.2, 0) is 9.53 Å². The van der Waals surface area contributed by atoms with Gasteiger partial charge in [-0.1, -0.05) is 12.1 Å². The van der Waals surface area contributed by atoms with Crippen LogP contribution in [0.2, 0.25) is 0 Å². The van der Waals surface area contributed by atoms with E-state index in [-0.39, 0.29) is 34.7 Å². The fourth-order valence-electron chi connectivity index (χ4n) is 5.20. The molecule has 0 aliphatic carbocycles. The molecule has 3 aromatic heterocycles. The highest BCUT2D eigenvalue weighted by molar-refractivity contribution is 5.95. The van der Waals surface area contributed by atoms with Crippen molar-refractivity contribution in [3.63, 3.8) is 0 Å². The number of hydrogen-bond acceptors (Lipinski definition) is 11. The van der Waals surface area contributed by atoms with Gasteiger partial charge >= 0.3 is 0 Å². The summed E-state index contributed by atoms with van der Waals surface area (Å²) in [6.45, 7) is 3.08. The fraction of sp³-hybridized carbons (Fsp3) is 0.258. The summed E-state index contributed by atoms with van der Waals surface area (Å²) in [5, 5.41) is 15.7. The number of piperazine rings is 1. The lowest BCUT2D eigenvalue weighted by atomic mass is 10.0. The summed E-state index contributed by atoms with van der Waals surface area (Å²) in [5.74, 6) is 0.812. The number of nitrogens with two attached hydrogens (primary N) is 1. The molecule has 45 heavy (non-hydrogen) atoms. The van der Waals surface area contributed by atoms with Crippen LogP contribution in [0.4, 0.5) is 21.8 Å². The van der Waals surface area contributed by atoms with Crippen LogP contribution in [0.15, 0.2) is 71.3 Å². The average molecular weight is 614 g/mol. The standard InChI is InChI=1S/C31H32FN9O4/c1-43-16-17-44-23-9-7-22(8-10-23)39-11-13-40(14-12-39)30(42)26(20-4-2-5-21(32)18-20)35-27-24(19-33)29-36-28(25-6-3-15-45-25)38-41(29)31(34)37-27/h2-10,15,18-19,26,33,35H,11-14,16-17H2,1H3,(H2,34,37). The minimum absolute atomic E-state index is 0.0161. The Bertz CT molecular complexity index is 1790. The zero-order valence-electron chi connectivity index (χ0n) is 24.5. The molecule has 1 amide bonds. The maximum Gasteiger partial charge on any atom is 0.249 e. The van der Waals surface area contributed by atoms with Gasteiger partial charge < -0.3 is 40.2 Å². The second kappa shape index (κ2) is 13.0. The summed E-state index contributed by atoms with van der Waals surface area (Å²) in [4.78, 5) is 26.9. The van der Waals surface area contributed by atoms with Gasteiger partial charge in [0.1, 0.15) is 30.0 Å². The predicted octanol–water partition coefficient (Wildman–Crippen LogP) is 3.63. The molecule has 1 aliphatic rings. The topological polar surface area (TPSA) is 160 Å². The lowest BCUT2D eigenvalue weighted by Crippen LogP contribution is -2.51. The number of nitrogen functional groups attached to an aromatic ring is 1. The fourth-order valence-corrected chi connectivity index (χ4v) is 5.20. The van der Waals surface area contributed by atoms with Crippen molar-refractivity contribution < 1.29 is 23.1 Å². The Labute approximate surface area is 257 Å². The van der Waals surface area contributed by atoms with Gasteiger partial charge in [0, 0.05) is 45.2 Å². The first-order valence-corrected chi connectivity index (χ1v) is 14.3. The van der Waals surface area contributed by atoms with Gasteiger partial charge in [0.05, 0.1) is 18.4 Å². The molecule has 0 radical (unpaired) electrons. The zero-order chi connectivity index (χ0) is 31.3. The molecular weight excluding hydrogens is 581 g/mol. The molecular formula is C31H32FN9O4. The Morgan fingerprint density at radius 3 is 2.60 bits per heavy atom. The minimum Gasteiger partial charge on any atom is -0.491 e. The lowest BCUT2D eigenvalue weighted by Gasteiger charge is -2.38. The van der Waals surface area contributed by atoms with Gasteiger partial charge in [-0.2, -0.15) is 9.50 Å². The number of nitrogens with zero attached hydrogens (tertiary/aromatic N) is 6. The first kappa shape index (κ1) is 29.6. The van der Waals surface area contributed by atoms with E-state index < -0.39 is 11.9 Å². The Morgan fingerprint density at radius 2 is 1.91 bits per heavy atom. The normalized spacial score (nSPS) is 14.0. The third-order valence-corrected chi connectivity index (χ3v) is 7.49. The number of carbonyl (C=O) groups excluding carboxylic acids is 1. The third-order valence-electron chi connectivity index (χ3n) is 7.49. The van der Waals surface area contributed by atoms with Crippen molar-refractivity contribution in [2.24, 2.45) is 0 Å². The smallest absolute Gasteiger partial charge is 0.249 e. The molecule has 1 saturated heterocycles. The first-order chi connectivity index (χ1) is 21.9. The number of nitrogens with one attached hydrogen (secondary N) is 2. The Morgan fingerprint density at radius 1 is 1.11 bits per heavy atom. The summed E-state index contributed by atoms with van der Waals surface area (Å²) in [6, 6.07) is 16.0. The van der Waals surface area contributed by atoms with E-state index in [0.29, 0.717) is 50.7 Å². The van der Waals surface area contributed by atoms with Crippen LogP contribution in [-0.4, -0.2) is 83.1 Å².